The summed E-state index contributed by atoms with van der Waals surface area (Å²) >= 11 is 0. The number of rotatable bonds is 3. The van der Waals surface area contributed by atoms with E-state index >= 15 is 0 Å². The zero-order valence-electron chi connectivity index (χ0n) is 10.4. The highest BCUT2D eigenvalue weighted by atomic mass is 19.1. The van der Waals surface area contributed by atoms with Crippen LogP contribution in [-0.4, -0.2) is 29.4 Å². The quantitative estimate of drug-likeness (QED) is 0.834. The lowest BCUT2D eigenvalue weighted by Gasteiger charge is -2.24. The summed E-state index contributed by atoms with van der Waals surface area (Å²) in [7, 11) is 0. The number of amidine groups is 1. The zero-order valence-corrected chi connectivity index (χ0v) is 10.4. The van der Waals surface area contributed by atoms with Gasteiger partial charge in [-0.3, -0.25) is 5.41 Å². The van der Waals surface area contributed by atoms with Crippen LogP contribution >= 0.6 is 0 Å². The lowest BCUT2D eigenvalue weighted by atomic mass is 10.1. The standard InChI is InChI=1S/C13H15FN2O2/c1-3-18-13(17)8(2)16-7-9-4-5-10(14)6-11(9)12(16)15/h4-6,8,15H,3,7H2,1-2H3. The molecule has 0 amide bonds. The predicted octanol–water partition coefficient (Wildman–Crippen LogP) is 1.92. The molecule has 1 aliphatic heterocycles. The van der Waals surface area contributed by atoms with E-state index in [1.54, 1.807) is 24.8 Å². The second-order valence-corrected chi connectivity index (χ2v) is 4.21. The molecule has 1 atom stereocenters. The van der Waals surface area contributed by atoms with E-state index in [9.17, 15) is 9.18 Å². The Balaban J connectivity index is 2.21. The normalized spacial score (nSPS) is 15.5. The fraction of sp³-hybridized carbons (Fsp3) is 0.385. The molecule has 0 radical (unpaired) electrons. The Bertz CT molecular complexity index is 502. The van der Waals surface area contributed by atoms with Gasteiger partial charge < -0.3 is 9.64 Å². The molecule has 1 aromatic rings. The van der Waals surface area contributed by atoms with E-state index in [2.05, 4.69) is 0 Å². The number of nitrogens with zero attached hydrogens (tertiary/aromatic N) is 1. The van der Waals surface area contributed by atoms with E-state index in [4.69, 9.17) is 10.1 Å². The Morgan fingerprint density at radius 2 is 2.33 bits per heavy atom. The summed E-state index contributed by atoms with van der Waals surface area (Å²) in [5, 5.41) is 7.99. The number of nitrogens with one attached hydrogen (secondary N) is 1. The fourth-order valence-corrected chi connectivity index (χ4v) is 2.04. The maximum Gasteiger partial charge on any atom is 0.328 e. The number of esters is 1. The topological polar surface area (TPSA) is 53.4 Å². The van der Waals surface area contributed by atoms with Gasteiger partial charge in [-0.15, -0.1) is 0 Å². The number of fused-ring (bicyclic) bond motifs is 1. The van der Waals surface area contributed by atoms with E-state index in [1.807, 2.05) is 0 Å². The second kappa shape index (κ2) is 4.76. The summed E-state index contributed by atoms with van der Waals surface area (Å²) in [4.78, 5) is 13.3. The molecule has 1 N–H and O–H groups in total. The first kappa shape index (κ1) is 12.5. The third-order valence-corrected chi connectivity index (χ3v) is 3.05. The average molecular weight is 250 g/mol. The van der Waals surface area contributed by atoms with Crippen molar-refractivity contribution < 1.29 is 13.9 Å². The number of carbonyl (C=O) groups is 1. The van der Waals surface area contributed by atoms with Gasteiger partial charge in [0.25, 0.3) is 0 Å². The van der Waals surface area contributed by atoms with Gasteiger partial charge in [0.2, 0.25) is 0 Å². The Kier molecular flexibility index (Phi) is 3.32. The van der Waals surface area contributed by atoms with E-state index in [0.29, 0.717) is 18.7 Å². The summed E-state index contributed by atoms with van der Waals surface area (Å²) in [5.41, 5.74) is 1.41. The number of halogens is 1. The van der Waals surface area contributed by atoms with Crippen molar-refractivity contribution in [2.24, 2.45) is 0 Å². The van der Waals surface area contributed by atoms with Crippen molar-refractivity contribution in [3.8, 4) is 0 Å². The van der Waals surface area contributed by atoms with Crippen LogP contribution in [0.5, 0.6) is 0 Å². The largest absolute Gasteiger partial charge is 0.464 e. The minimum Gasteiger partial charge on any atom is -0.464 e. The minimum atomic E-state index is -0.534. The highest BCUT2D eigenvalue weighted by molar-refractivity contribution is 6.02. The molecule has 0 aromatic heterocycles. The lowest BCUT2D eigenvalue weighted by Crippen LogP contribution is -2.40. The predicted molar refractivity (Wildman–Crippen MR) is 64.9 cm³/mol. The highest BCUT2D eigenvalue weighted by Crippen LogP contribution is 2.25. The summed E-state index contributed by atoms with van der Waals surface area (Å²) in [6.07, 6.45) is 0. The molecule has 1 aromatic carbocycles. The van der Waals surface area contributed by atoms with Crippen molar-refractivity contribution >= 4 is 11.8 Å². The van der Waals surface area contributed by atoms with Crippen LogP contribution in [0.3, 0.4) is 0 Å². The molecule has 18 heavy (non-hydrogen) atoms. The molecule has 0 saturated carbocycles. The van der Waals surface area contributed by atoms with Gasteiger partial charge in [-0.25, -0.2) is 9.18 Å². The van der Waals surface area contributed by atoms with Crippen LogP contribution in [0.25, 0.3) is 0 Å². The molecule has 0 aliphatic carbocycles. The Hall–Kier alpha value is -1.91. The summed E-state index contributed by atoms with van der Waals surface area (Å²) in [5.74, 6) is -0.565. The molecule has 1 heterocycles. The van der Waals surface area contributed by atoms with E-state index in [-0.39, 0.29) is 17.6 Å². The molecule has 1 aliphatic rings. The number of benzene rings is 1. The summed E-state index contributed by atoms with van der Waals surface area (Å²) in [6.45, 7) is 4.18. The molecule has 0 fully saturated rings. The first-order valence-electron chi connectivity index (χ1n) is 5.85. The van der Waals surface area contributed by atoms with Crippen LogP contribution in [-0.2, 0) is 16.1 Å². The number of ether oxygens (including phenoxy) is 1. The fourth-order valence-electron chi connectivity index (χ4n) is 2.04. The van der Waals surface area contributed by atoms with E-state index < -0.39 is 6.04 Å². The molecule has 96 valence electrons. The van der Waals surface area contributed by atoms with Gasteiger partial charge in [0.05, 0.1) is 6.61 Å². The zero-order chi connectivity index (χ0) is 13.3. The van der Waals surface area contributed by atoms with Crippen LogP contribution < -0.4 is 0 Å². The molecule has 2 rings (SSSR count). The Morgan fingerprint density at radius 1 is 1.61 bits per heavy atom. The van der Waals surface area contributed by atoms with Crippen molar-refractivity contribution in [3.05, 3.63) is 35.1 Å². The maximum absolute atomic E-state index is 13.1. The van der Waals surface area contributed by atoms with Gasteiger partial charge in [-0.2, -0.15) is 0 Å². The minimum absolute atomic E-state index is 0.171. The van der Waals surface area contributed by atoms with Crippen molar-refractivity contribution in [1.29, 1.82) is 5.41 Å². The van der Waals surface area contributed by atoms with Crippen LogP contribution in [0.1, 0.15) is 25.0 Å². The van der Waals surface area contributed by atoms with Crippen molar-refractivity contribution in [3.63, 3.8) is 0 Å². The lowest BCUT2D eigenvalue weighted by molar-refractivity contribution is -0.147. The van der Waals surface area contributed by atoms with Gasteiger partial charge in [-0.1, -0.05) is 6.07 Å². The third-order valence-electron chi connectivity index (χ3n) is 3.05. The molecular weight excluding hydrogens is 235 g/mol. The monoisotopic (exact) mass is 250 g/mol. The molecule has 4 nitrogen and oxygen atoms in total. The number of hydrogen-bond acceptors (Lipinski definition) is 3. The van der Waals surface area contributed by atoms with Crippen molar-refractivity contribution in [1.82, 2.24) is 4.90 Å². The van der Waals surface area contributed by atoms with Gasteiger partial charge in [0.15, 0.2) is 0 Å². The first-order chi connectivity index (χ1) is 8.54. The van der Waals surface area contributed by atoms with Crippen LogP contribution in [0.2, 0.25) is 0 Å². The van der Waals surface area contributed by atoms with Crippen molar-refractivity contribution in [2.75, 3.05) is 6.61 Å². The SMILES string of the molecule is CCOC(=O)C(C)N1Cc2ccc(F)cc2C1=N. The Labute approximate surface area is 105 Å². The maximum atomic E-state index is 13.1. The van der Waals surface area contributed by atoms with Crippen molar-refractivity contribution in [2.45, 2.75) is 26.4 Å². The molecule has 1 unspecified atom stereocenters. The third kappa shape index (κ3) is 2.08. The molecule has 0 saturated heterocycles. The molecular formula is C13H15FN2O2. The number of carbonyl (C=O) groups excluding carboxylic acids is 1. The van der Waals surface area contributed by atoms with E-state index in [0.717, 1.165) is 5.56 Å². The van der Waals surface area contributed by atoms with Gasteiger partial charge >= 0.3 is 5.97 Å². The Morgan fingerprint density at radius 3 is 3.00 bits per heavy atom. The molecule has 0 spiro atoms. The van der Waals surface area contributed by atoms with Crippen LogP contribution in [0.15, 0.2) is 18.2 Å². The van der Waals surface area contributed by atoms with Gasteiger partial charge in [-0.05, 0) is 31.5 Å². The van der Waals surface area contributed by atoms with Gasteiger partial charge in [0, 0.05) is 12.1 Å². The second-order valence-electron chi connectivity index (χ2n) is 4.21. The molecule has 5 heteroatoms. The first-order valence-corrected chi connectivity index (χ1v) is 5.85. The van der Waals surface area contributed by atoms with E-state index in [1.165, 1.54) is 12.1 Å². The summed E-state index contributed by atoms with van der Waals surface area (Å²) in [6, 6.07) is 3.81. The molecule has 0 bridgehead atoms. The van der Waals surface area contributed by atoms with Gasteiger partial charge in [0.1, 0.15) is 17.7 Å². The average Bonchev–Trinajstić information content (AvgIpc) is 2.66. The van der Waals surface area contributed by atoms with Crippen LogP contribution in [0, 0.1) is 11.2 Å². The number of hydrogen-bond donors (Lipinski definition) is 1. The summed E-state index contributed by atoms with van der Waals surface area (Å²) < 4.78 is 18.1. The smallest absolute Gasteiger partial charge is 0.328 e. The van der Waals surface area contributed by atoms with Crippen LogP contribution in [0.4, 0.5) is 4.39 Å². The highest BCUT2D eigenvalue weighted by Gasteiger charge is 2.32.